The highest BCUT2D eigenvalue weighted by Gasteiger charge is 2.32. The van der Waals surface area contributed by atoms with Crippen LogP contribution in [-0.4, -0.2) is 58.2 Å². The summed E-state index contributed by atoms with van der Waals surface area (Å²) in [5.41, 5.74) is 4.57. The van der Waals surface area contributed by atoms with E-state index in [9.17, 15) is 14.4 Å². The number of ether oxygens (including phenoxy) is 4. The average molecular weight is 680 g/mol. The lowest BCUT2D eigenvalue weighted by Crippen LogP contribution is -2.30. The van der Waals surface area contributed by atoms with Gasteiger partial charge < -0.3 is 34.5 Å². The molecule has 1 saturated heterocycles. The largest absolute Gasteiger partial charge is 0.496 e. The second-order valence-electron chi connectivity index (χ2n) is 12.8. The van der Waals surface area contributed by atoms with Crippen LogP contribution in [0.1, 0.15) is 67.8 Å². The fourth-order valence-electron chi connectivity index (χ4n) is 7.61. The van der Waals surface area contributed by atoms with Crippen LogP contribution in [0.3, 0.4) is 0 Å². The zero-order chi connectivity index (χ0) is 35.4. The zero-order valence-corrected chi connectivity index (χ0v) is 29.4. The predicted molar refractivity (Wildman–Crippen MR) is 195 cm³/mol. The molecule has 0 aromatic heterocycles. The van der Waals surface area contributed by atoms with Gasteiger partial charge in [0.1, 0.15) is 5.75 Å². The number of anilines is 1. The molecule has 0 spiro atoms. The summed E-state index contributed by atoms with van der Waals surface area (Å²) in [6.07, 6.45) is 3.98. The lowest BCUT2D eigenvalue weighted by atomic mass is 9.95. The normalized spacial score (nSPS) is 16.5. The van der Waals surface area contributed by atoms with Gasteiger partial charge in [-0.3, -0.25) is 14.4 Å². The van der Waals surface area contributed by atoms with Crippen LogP contribution in [0.5, 0.6) is 23.0 Å². The molecule has 4 aromatic rings. The summed E-state index contributed by atoms with van der Waals surface area (Å²) in [5, 5.41) is 8.48. The molecule has 0 saturated carbocycles. The number of nitrogens with zero attached hydrogens (tertiary/aromatic N) is 1. The van der Waals surface area contributed by atoms with Crippen LogP contribution in [0.4, 0.5) is 5.69 Å². The Morgan fingerprint density at radius 2 is 1.60 bits per heavy atom. The van der Waals surface area contributed by atoms with Crippen molar-refractivity contribution in [3.05, 3.63) is 87.6 Å². The highest BCUT2D eigenvalue weighted by Crippen LogP contribution is 2.50. The number of aryl methyl sites for hydroxylation is 1. The van der Waals surface area contributed by atoms with Crippen molar-refractivity contribution in [3.63, 3.8) is 0 Å². The fraction of sp³-hybridized carbons (Fsp3) is 0.375. The third-order valence-electron chi connectivity index (χ3n) is 9.87. The van der Waals surface area contributed by atoms with Crippen LogP contribution in [0.25, 0.3) is 21.9 Å². The minimum atomic E-state index is -0.390. The van der Waals surface area contributed by atoms with Crippen molar-refractivity contribution in [2.24, 2.45) is 0 Å². The van der Waals surface area contributed by atoms with E-state index in [1.807, 2.05) is 35.2 Å². The van der Waals surface area contributed by atoms with Crippen LogP contribution in [0.15, 0.2) is 65.5 Å². The lowest BCUT2D eigenvalue weighted by molar-refractivity contribution is -0.132. The maximum Gasteiger partial charge on any atom is 0.223 e. The summed E-state index contributed by atoms with van der Waals surface area (Å²) in [4.78, 5) is 41.5. The number of carbonyl (C=O) groups is 2. The van der Waals surface area contributed by atoms with Gasteiger partial charge in [0.2, 0.25) is 23.0 Å². The van der Waals surface area contributed by atoms with Crippen molar-refractivity contribution in [1.29, 1.82) is 0 Å². The first kappa shape index (κ1) is 34.6. The molecular formula is C40H45N3O7. The number of nitrogens with one attached hydrogen (secondary N) is 2. The van der Waals surface area contributed by atoms with E-state index in [4.69, 9.17) is 18.9 Å². The first-order chi connectivity index (χ1) is 24.3. The molecule has 2 amide bonds. The van der Waals surface area contributed by atoms with E-state index < -0.39 is 6.04 Å². The Morgan fingerprint density at radius 1 is 0.840 bits per heavy atom. The number of rotatable bonds is 11. The molecule has 50 heavy (non-hydrogen) atoms. The molecule has 1 unspecified atom stereocenters. The van der Waals surface area contributed by atoms with Gasteiger partial charge in [0.25, 0.3) is 0 Å². The maximum atomic E-state index is 13.7. The van der Waals surface area contributed by atoms with Crippen LogP contribution < -0.4 is 35.0 Å². The third kappa shape index (κ3) is 6.66. The molecule has 0 radical (unpaired) electrons. The smallest absolute Gasteiger partial charge is 0.223 e. The maximum absolute atomic E-state index is 13.7. The average Bonchev–Trinajstić information content (AvgIpc) is 3.50. The number of likely N-dealkylation sites (tertiary alicyclic amines) is 1. The fourth-order valence-corrected chi connectivity index (χ4v) is 7.61. The molecule has 1 fully saturated rings. The standard InChI is InChI=1S/C40H45N3O7/c1-24(44)42-31-17-14-25-22-36(48-3)39(49-4)40(50-5)38(25)29-15-18-32(34(45)23-30(29)31)41-20-8-13-37(46)43-21-9-12-33(43)27-16-19-35(47-2)28-11-7-6-10-26(27)28/h6-7,10-11,15-16,18-19,22-23,31,33H,8-9,12-14,17,20-21H2,1-5H3,(H,41,45)(H,42,44)/t31-,33?/m0/s1. The van der Waals surface area contributed by atoms with Gasteiger partial charge in [-0.05, 0) is 84.0 Å². The molecule has 10 heteroatoms. The van der Waals surface area contributed by atoms with Crippen LogP contribution in [-0.2, 0) is 16.0 Å². The van der Waals surface area contributed by atoms with Gasteiger partial charge in [0.15, 0.2) is 11.5 Å². The van der Waals surface area contributed by atoms with Crippen molar-refractivity contribution in [2.75, 3.05) is 46.8 Å². The summed E-state index contributed by atoms with van der Waals surface area (Å²) in [7, 11) is 6.39. The van der Waals surface area contributed by atoms with E-state index in [0.29, 0.717) is 60.7 Å². The van der Waals surface area contributed by atoms with E-state index in [-0.39, 0.29) is 23.3 Å². The Hall–Kier alpha value is -5.25. The van der Waals surface area contributed by atoms with Gasteiger partial charge in [-0.25, -0.2) is 0 Å². The number of hydrogen-bond donors (Lipinski definition) is 2. The number of methoxy groups -OCH3 is 4. The summed E-state index contributed by atoms with van der Waals surface area (Å²) in [5.74, 6) is 2.24. The van der Waals surface area contributed by atoms with E-state index in [2.05, 4.69) is 28.8 Å². The SMILES string of the molecule is COc1cc2c(c(OC)c1OC)-c1ccc(NCCCC(=O)N3CCCC3c3ccc(OC)c4ccccc34)c(=O)cc1[C@@H](NC(C)=O)CC2. The lowest BCUT2D eigenvalue weighted by Gasteiger charge is -2.26. The van der Waals surface area contributed by atoms with Gasteiger partial charge in [-0.1, -0.05) is 36.4 Å². The Morgan fingerprint density at radius 3 is 2.32 bits per heavy atom. The van der Waals surface area contributed by atoms with Crippen molar-refractivity contribution >= 4 is 28.3 Å². The van der Waals surface area contributed by atoms with Gasteiger partial charge >= 0.3 is 0 Å². The summed E-state index contributed by atoms with van der Waals surface area (Å²) in [6, 6.07) is 19.1. The number of fused-ring (bicyclic) bond motifs is 4. The van der Waals surface area contributed by atoms with E-state index in [1.165, 1.54) is 6.92 Å². The molecule has 6 rings (SSSR count). The Balaban J connectivity index is 1.22. The highest BCUT2D eigenvalue weighted by molar-refractivity contribution is 5.92. The third-order valence-corrected chi connectivity index (χ3v) is 9.87. The molecule has 10 nitrogen and oxygen atoms in total. The Labute approximate surface area is 292 Å². The summed E-state index contributed by atoms with van der Waals surface area (Å²) in [6.45, 7) is 2.64. The summed E-state index contributed by atoms with van der Waals surface area (Å²) < 4.78 is 22.8. The monoisotopic (exact) mass is 679 g/mol. The first-order valence-corrected chi connectivity index (χ1v) is 17.2. The van der Waals surface area contributed by atoms with Gasteiger partial charge in [-0.2, -0.15) is 0 Å². The second-order valence-corrected chi connectivity index (χ2v) is 12.8. The molecule has 1 heterocycles. The zero-order valence-electron chi connectivity index (χ0n) is 29.4. The van der Waals surface area contributed by atoms with Crippen LogP contribution in [0, 0.1) is 0 Å². The van der Waals surface area contributed by atoms with E-state index in [0.717, 1.165) is 58.2 Å². The van der Waals surface area contributed by atoms with Crippen LogP contribution >= 0.6 is 0 Å². The van der Waals surface area contributed by atoms with Gasteiger partial charge in [0, 0.05) is 37.4 Å². The topological polar surface area (TPSA) is 115 Å². The highest BCUT2D eigenvalue weighted by atomic mass is 16.5. The molecule has 4 aromatic carbocycles. The predicted octanol–water partition coefficient (Wildman–Crippen LogP) is 6.58. The molecular weight excluding hydrogens is 634 g/mol. The van der Waals surface area contributed by atoms with E-state index >= 15 is 0 Å². The molecule has 1 aliphatic carbocycles. The van der Waals surface area contributed by atoms with Crippen molar-refractivity contribution in [1.82, 2.24) is 10.2 Å². The minimum Gasteiger partial charge on any atom is -0.496 e. The molecule has 1 aliphatic heterocycles. The molecule has 2 aliphatic rings. The number of hydrogen-bond acceptors (Lipinski definition) is 8. The van der Waals surface area contributed by atoms with E-state index in [1.54, 1.807) is 40.6 Å². The quantitative estimate of drug-likeness (QED) is 0.171. The number of benzene rings is 3. The Bertz CT molecular complexity index is 1980. The first-order valence-electron chi connectivity index (χ1n) is 17.2. The van der Waals surface area contributed by atoms with Crippen LogP contribution in [0.2, 0.25) is 0 Å². The van der Waals surface area contributed by atoms with Gasteiger partial charge in [0.05, 0.1) is 46.2 Å². The molecule has 0 bridgehead atoms. The number of amides is 2. The molecule has 2 N–H and O–H groups in total. The van der Waals surface area contributed by atoms with Gasteiger partial charge in [-0.15, -0.1) is 0 Å². The second kappa shape index (κ2) is 15.1. The Kier molecular flexibility index (Phi) is 10.5. The van der Waals surface area contributed by atoms with Crippen molar-refractivity contribution in [3.8, 4) is 34.1 Å². The summed E-state index contributed by atoms with van der Waals surface area (Å²) >= 11 is 0. The van der Waals surface area contributed by atoms with Crippen molar-refractivity contribution < 1.29 is 28.5 Å². The molecule has 2 atom stereocenters. The minimum absolute atomic E-state index is 0.0121. The van der Waals surface area contributed by atoms with Crippen molar-refractivity contribution in [2.45, 2.75) is 57.5 Å². The molecule has 262 valence electrons. The number of carbonyl (C=O) groups excluding carboxylic acids is 2.